The lowest BCUT2D eigenvalue weighted by Crippen LogP contribution is -2.30. The van der Waals surface area contributed by atoms with E-state index in [1.807, 2.05) is 0 Å². The molecule has 2 unspecified atom stereocenters. The molecule has 0 aromatic carbocycles. The van der Waals surface area contributed by atoms with E-state index < -0.39 is 97.5 Å². The molecule has 0 heterocycles. The summed E-state index contributed by atoms with van der Waals surface area (Å²) in [6, 6.07) is 0. The third-order valence-electron chi connectivity index (χ3n) is 20.4. The average Bonchev–Trinajstić information content (AvgIpc) is 0.917. The van der Waals surface area contributed by atoms with E-state index in [4.69, 9.17) is 37.0 Å². The zero-order valence-corrected chi connectivity index (χ0v) is 70.5. The van der Waals surface area contributed by atoms with E-state index in [-0.39, 0.29) is 25.7 Å². The number of hydrogen-bond acceptors (Lipinski definition) is 15. The van der Waals surface area contributed by atoms with Crippen LogP contribution in [-0.2, 0) is 65.4 Å². The molecule has 0 aliphatic carbocycles. The minimum absolute atomic E-state index is 0.108. The number of ether oxygens (including phenoxy) is 4. The monoisotopic (exact) mass is 1540 g/mol. The Bertz CT molecular complexity index is 1980. The Morgan fingerprint density at radius 1 is 0.229 bits per heavy atom. The van der Waals surface area contributed by atoms with Crippen molar-refractivity contribution in [3.63, 3.8) is 0 Å². The van der Waals surface area contributed by atoms with Crippen molar-refractivity contribution in [2.24, 2.45) is 0 Å². The Balaban J connectivity index is 5.09. The van der Waals surface area contributed by atoms with Crippen LogP contribution in [0.1, 0.15) is 471 Å². The van der Waals surface area contributed by atoms with E-state index in [0.29, 0.717) is 25.7 Å². The molecule has 0 aliphatic heterocycles. The van der Waals surface area contributed by atoms with Crippen LogP contribution in [0.3, 0.4) is 0 Å². The predicted octanol–water partition coefficient (Wildman–Crippen LogP) is 26.5. The second-order valence-corrected chi connectivity index (χ2v) is 33.8. The van der Waals surface area contributed by atoms with Crippen LogP contribution in [0, 0.1) is 0 Å². The van der Waals surface area contributed by atoms with Gasteiger partial charge in [-0.15, -0.1) is 0 Å². The predicted molar refractivity (Wildman–Crippen MR) is 432 cm³/mol. The molecule has 5 atom stereocenters. The molecular formula is C86H168O17P2. The second-order valence-electron chi connectivity index (χ2n) is 30.9. The Kier molecular flexibility index (Phi) is 78.6. The van der Waals surface area contributed by atoms with Crippen molar-refractivity contribution in [2.75, 3.05) is 39.6 Å². The van der Waals surface area contributed by atoms with Gasteiger partial charge in [-0.2, -0.15) is 0 Å². The summed E-state index contributed by atoms with van der Waals surface area (Å²) in [6.07, 6.45) is 75.7. The van der Waals surface area contributed by atoms with Crippen molar-refractivity contribution in [1.82, 2.24) is 0 Å². The molecule has 17 nitrogen and oxygen atoms in total. The molecule has 19 heteroatoms. The number of aliphatic hydroxyl groups excluding tert-OH is 1. The lowest BCUT2D eigenvalue weighted by Gasteiger charge is -2.21. The van der Waals surface area contributed by atoms with Crippen LogP contribution < -0.4 is 0 Å². The molecule has 0 rings (SSSR count). The van der Waals surface area contributed by atoms with Crippen molar-refractivity contribution in [1.29, 1.82) is 0 Å². The molecule has 0 aliphatic rings. The van der Waals surface area contributed by atoms with Crippen LogP contribution in [0.4, 0.5) is 0 Å². The first-order valence-corrected chi connectivity index (χ1v) is 47.8. The van der Waals surface area contributed by atoms with Crippen LogP contribution in [0.2, 0.25) is 0 Å². The smallest absolute Gasteiger partial charge is 0.462 e. The maximum Gasteiger partial charge on any atom is 0.472 e. The fraction of sp³-hybridized carbons (Fsp3) is 0.953. The Morgan fingerprint density at radius 3 is 0.562 bits per heavy atom. The van der Waals surface area contributed by atoms with Gasteiger partial charge >= 0.3 is 39.5 Å². The third kappa shape index (κ3) is 79.9. The summed E-state index contributed by atoms with van der Waals surface area (Å²) in [5.41, 5.74) is 0. The molecule has 0 radical (unpaired) electrons. The molecule has 0 amide bonds. The van der Waals surface area contributed by atoms with Crippen molar-refractivity contribution in [3.05, 3.63) is 0 Å². The molecule has 624 valence electrons. The minimum Gasteiger partial charge on any atom is -0.462 e. The number of esters is 4. The fourth-order valence-electron chi connectivity index (χ4n) is 13.5. The zero-order chi connectivity index (χ0) is 76.7. The highest BCUT2D eigenvalue weighted by Gasteiger charge is 2.30. The highest BCUT2D eigenvalue weighted by atomic mass is 31.2. The van der Waals surface area contributed by atoms with E-state index in [9.17, 15) is 43.2 Å². The first-order valence-electron chi connectivity index (χ1n) is 44.8. The van der Waals surface area contributed by atoms with Gasteiger partial charge in [0.1, 0.15) is 19.3 Å². The molecule has 0 spiro atoms. The van der Waals surface area contributed by atoms with Gasteiger partial charge in [0.2, 0.25) is 0 Å². The summed E-state index contributed by atoms with van der Waals surface area (Å²) in [5, 5.41) is 10.6. The van der Waals surface area contributed by atoms with Crippen molar-refractivity contribution >= 4 is 39.5 Å². The SMILES string of the molecule is CCCCCCCCCCCCCCCCCCCCCCCCC(=O)OC[C@H](COP(=O)(O)OC[C@@H](O)COP(=O)(O)OC[C@@H](COC(=O)CCCCCCC)OC(=O)CCCCCCCCCCCCCCCCCC)OC(=O)CCCCCCCCCCCCCCCCCCCCCCCC. The molecule has 0 saturated heterocycles. The van der Waals surface area contributed by atoms with Gasteiger partial charge in [0.15, 0.2) is 12.2 Å². The number of phosphoric ester groups is 2. The lowest BCUT2D eigenvalue weighted by molar-refractivity contribution is -0.161. The zero-order valence-electron chi connectivity index (χ0n) is 68.7. The van der Waals surface area contributed by atoms with E-state index in [0.717, 1.165) is 96.3 Å². The summed E-state index contributed by atoms with van der Waals surface area (Å²) in [4.78, 5) is 72.9. The van der Waals surface area contributed by atoms with Crippen LogP contribution in [0.25, 0.3) is 0 Å². The second kappa shape index (κ2) is 80.1. The molecule has 3 N–H and O–H groups in total. The number of unbranched alkanes of at least 4 members (excludes halogenated alkanes) is 61. The number of hydrogen-bond donors (Lipinski definition) is 3. The Labute approximate surface area is 645 Å². The molecule has 105 heavy (non-hydrogen) atoms. The topological polar surface area (TPSA) is 237 Å². The van der Waals surface area contributed by atoms with E-state index in [1.54, 1.807) is 0 Å². The molecular weight excluding hydrogens is 1370 g/mol. The maximum atomic E-state index is 13.1. The first-order chi connectivity index (χ1) is 51.2. The van der Waals surface area contributed by atoms with Gasteiger partial charge in [0, 0.05) is 25.7 Å². The molecule has 0 fully saturated rings. The van der Waals surface area contributed by atoms with Gasteiger partial charge in [0.05, 0.1) is 26.4 Å². The first kappa shape index (κ1) is 103. The Hall–Kier alpha value is -1.94. The van der Waals surface area contributed by atoms with Crippen LogP contribution in [0.15, 0.2) is 0 Å². The van der Waals surface area contributed by atoms with Crippen molar-refractivity contribution in [2.45, 2.75) is 489 Å². The third-order valence-corrected chi connectivity index (χ3v) is 22.3. The highest BCUT2D eigenvalue weighted by molar-refractivity contribution is 7.47. The van der Waals surface area contributed by atoms with Crippen molar-refractivity contribution < 1.29 is 80.2 Å². The average molecular weight is 1540 g/mol. The number of rotatable bonds is 87. The van der Waals surface area contributed by atoms with E-state index in [1.165, 1.54) is 295 Å². The van der Waals surface area contributed by atoms with E-state index >= 15 is 0 Å². The van der Waals surface area contributed by atoms with Crippen molar-refractivity contribution in [3.8, 4) is 0 Å². The molecule has 0 aromatic rings. The quantitative estimate of drug-likeness (QED) is 0.0222. The number of phosphoric acid groups is 2. The maximum absolute atomic E-state index is 13.1. The number of aliphatic hydroxyl groups is 1. The van der Waals surface area contributed by atoms with Crippen LogP contribution >= 0.6 is 15.6 Å². The van der Waals surface area contributed by atoms with Gasteiger partial charge in [-0.25, -0.2) is 9.13 Å². The Morgan fingerprint density at radius 2 is 0.381 bits per heavy atom. The van der Waals surface area contributed by atoms with Gasteiger partial charge in [-0.1, -0.05) is 419 Å². The van der Waals surface area contributed by atoms with Gasteiger partial charge < -0.3 is 33.8 Å². The standard InChI is InChI=1S/C86H168O17P2/c1-5-9-13-17-20-23-26-29-32-35-37-39-41-43-45-48-50-53-56-59-63-67-71-84(89)97-77-82(103-86(91)73-69-65-61-58-55-52-49-46-44-42-40-38-36-33-30-27-24-21-18-14-10-6-2)79-101-105(94,95)99-75-80(87)74-98-104(92,93)100-78-81(76-96-83(88)70-66-62-16-12-8-4)102-85(90)72-68-64-60-57-54-51-47-34-31-28-25-22-19-15-11-7-3/h80-82,87H,5-79H2,1-4H3,(H,92,93)(H,94,95)/t80-,81+,82+/m0/s1. The minimum atomic E-state index is -4.96. The summed E-state index contributed by atoms with van der Waals surface area (Å²) < 4.78 is 68.6. The van der Waals surface area contributed by atoms with Gasteiger partial charge in [-0.05, 0) is 25.7 Å². The van der Waals surface area contributed by atoms with Crippen LogP contribution in [0.5, 0.6) is 0 Å². The van der Waals surface area contributed by atoms with Gasteiger partial charge in [0.25, 0.3) is 0 Å². The molecule has 0 bridgehead atoms. The normalized spacial score (nSPS) is 13.7. The largest absolute Gasteiger partial charge is 0.472 e. The summed E-state index contributed by atoms with van der Waals surface area (Å²) in [6.45, 7) is 4.96. The number of carbonyl (C=O) groups excluding carboxylic acids is 4. The summed E-state index contributed by atoms with van der Waals surface area (Å²) in [5.74, 6) is -2.11. The molecule has 0 aromatic heterocycles. The van der Waals surface area contributed by atoms with E-state index in [2.05, 4.69) is 27.7 Å². The summed E-state index contributed by atoms with van der Waals surface area (Å²) >= 11 is 0. The highest BCUT2D eigenvalue weighted by Crippen LogP contribution is 2.45. The van der Waals surface area contributed by atoms with Gasteiger partial charge in [-0.3, -0.25) is 37.3 Å². The lowest BCUT2D eigenvalue weighted by atomic mass is 10.0. The fourth-order valence-corrected chi connectivity index (χ4v) is 15.1. The van der Waals surface area contributed by atoms with Crippen LogP contribution in [-0.4, -0.2) is 96.7 Å². The summed E-state index contributed by atoms with van der Waals surface area (Å²) in [7, 11) is -9.91. The molecule has 0 saturated carbocycles. The number of carbonyl (C=O) groups is 4.